The Balaban J connectivity index is 1.88. The Bertz CT molecular complexity index is 497. The molecule has 0 bridgehead atoms. The second-order valence-electron chi connectivity index (χ2n) is 4.87. The molecule has 0 radical (unpaired) electrons. The summed E-state index contributed by atoms with van der Waals surface area (Å²) in [6.45, 7) is 4.29. The SMILES string of the molecule is CCN(C(=O)COc1ccc([N+](=O)[O-])cc1)C1CCNC1. The van der Waals surface area contributed by atoms with Crippen LogP contribution in [-0.4, -0.2) is 48.0 Å². The Hall–Kier alpha value is -2.15. The van der Waals surface area contributed by atoms with E-state index in [0.717, 1.165) is 19.5 Å². The van der Waals surface area contributed by atoms with Crippen molar-refractivity contribution in [2.24, 2.45) is 0 Å². The maximum Gasteiger partial charge on any atom is 0.269 e. The van der Waals surface area contributed by atoms with Crippen LogP contribution in [0.1, 0.15) is 13.3 Å². The maximum atomic E-state index is 12.2. The molecular weight excluding hydrogens is 274 g/mol. The fourth-order valence-corrected chi connectivity index (χ4v) is 2.44. The number of carbonyl (C=O) groups excluding carboxylic acids is 1. The number of hydrogen-bond donors (Lipinski definition) is 1. The normalized spacial score (nSPS) is 17.5. The van der Waals surface area contributed by atoms with Gasteiger partial charge in [-0.05, 0) is 32.0 Å². The van der Waals surface area contributed by atoms with Crippen molar-refractivity contribution in [3.63, 3.8) is 0 Å². The van der Waals surface area contributed by atoms with Crippen LogP contribution in [0.4, 0.5) is 5.69 Å². The zero-order valence-corrected chi connectivity index (χ0v) is 11.9. The predicted molar refractivity (Wildman–Crippen MR) is 77.3 cm³/mol. The Morgan fingerprint density at radius 3 is 2.71 bits per heavy atom. The van der Waals surface area contributed by atoms with Crippen molar-refractivity contribution < 1.29 is 14.5 Å². The molecule has 1 unspecified atom stereocenters. The van der Waals surface area contributed by atoms with Gasteiger partial charge in [0.05, 0.1) is 4.92 Å². The number of benzene rings is 1. The van der Waals surface area contributed by atoms with Gasteiger partial charge in [-0.2, -0.15) is 0 Å². The number of nitro benzene ring substituents is 1. The summed E-state index contributed by atoms with van der Waals surface area (Å²) >= 11 is 0. The van der Waals surface area contributed by atoms with Gasteiger partial charge in [-0.25, -0.2) is 0 Å². The molecule has 0 spiro atoms. The van der Waals surface area contributed by atoms with Crippen molar-refractivity contribution in [3.8, 4) is 5.75 Å². The summed E-state index contributed by atoms with van der Waals surface area (Å²) in [6.07, 6.45) is 0.955. The van der Waals surface area contributed by atoms with Crippen molar-refractivity contribution in [1.82, 2.24) is 10.2 Å². The summed E-state index contributed by atoms with van der Waals surface area (Å²) < 4.78 is 5.41. The average Bonchev–Trinajstić information content (AvgIpc) is 3.00. The molecule has 1 aromatic carbocycles. The highest BCUT2D eigenvalue weighted by molar-refractivity contribution is 5.78. The predicted octanol–water partition coefficient (Wildman–Crippen LogP) is 1.18. The molecule has 0 saturated carbocycles. The topological polar surface area (TPSA) is 84.7 Å². The smallest absolute Gasteiger partial charge is 0.269 e. The van der Waals surface area contributed by atoms with Crippen LogP contribution in [0.2, 0.25) is 0 Å². The zero-order valence-electron chi connectivity index (χ0n) is 11.9. The van der Waals surface area contributed by atoms with Crippen LogP contribution >= 0.6 is 0 Å². The van der Waals surface area contributed by atoms with Gasteiger partial charge in [0.2, 0.25) is 0 Å². The molecule has 1 saturated heterocycles. The minimum Gasteiger partial charge on any atom is -0.484 e. The van der Waals surface area contributed by atoms with Gasteiger partial charge in [-0.15, -0.1) is 0 Å². The Morgan fingerprint density at radius 1 is 1.48 bits per heavy atom. The molecule has 1 heterocycles. The van der Waals surface area contributed by atoms with Crippen molar-refractivity contribution >= 4 is 11.6 Å². The summed E-state index contributed by atoms with van der Waals surface area (Å²) in [4.78, 5) is 24.1. The molecular formula is C14H19N3O4. The number of amides is 1. The molecule has 7 nitrogen and oxygen atoms in total. The summed E-state index contributed by atoms with van der Waals surface area (Å²) in [5, 5.41) is 13.8. The largest absolute Gasteiger partial charge is 0.484 e. The first-order valence-electron chi connectivity index (χ1n) is 6.99. The highest BCUT2D eigenvalue weighted by atomic mass is 16.6. The Morgan fingerprint density at radius 2 is 2.19 bits per heavy atom. The van der Waals surface area contributed by atoms with Crippen LogP contribution in [0.25, 0.3) is 0 Å². The lowest BCUT2D eigenvalue weighted by atomic mass is 10.2. The number of rotatable bonds is 6. The molecule has 0 aliphatic carbocycles. The van der Waals surface area contributed by atoms with E-state index in [2.05, 4.69) is 5.32 Å². The van der Waals surface area contributed by atoms with E-state index in [0.29, 0.717) is 12.3 Å². The Labute approximate surface area is 123 Å². The highest BCUT2D eigenvalue weighted by Crippen LogP contribution is 2.17. The number of likely N-dealkylation sites (N-methyl/N-ethyl adjacent to an activating group) is 1. The molecule has 1 aliphatic heterocycles. The van der Waals surface area contributed by atoms with Gasteiger partial charge >= 0.3 is 0 Å². The van der Waals surface area contributed by atoms with Crippen molar-refractivity contribution in [1.29, 1.82) is 0 Å². The number of nitro groups is 1. The van der Waals surface area contributed by atoms with Gasteiger partial charge in [0.25, 0.3) is 11.6 Å². The van der Waals surface area contributed by atoms with Crippen LogP contribution in [0.5, 0.6) is 5.75 Å². The first kappa shape index (κ1) is 15.2. The van der Waals surface area contributed by atoms with Gasteiger partial charge in [0.15, 0.2) is 6.61 Å². The van der Waals surface area contributed by atoms with Crippen molar-refractivity contribution in [3.05, 3.63) is 34.4 Å². The molecule has 0 aromatic heterocycles. The van der Waals surface area contributed by atoms with E-state index in [1.54, 1.807) is 0 Å². The van der Waals surface area contributed by atoms with E-state index in [9.17, 15) is 14.9 Å². The van der Waals surface area contributed by atoms with E-state index in [1.807, 2.05) is 11.8 Å². The number of nitrogens with zero attached hydrogens (tertiary/aromatic N) is 2. The molecule has 1 fully saturated rings. The average molecular weight is 293 g/mol. The highest BCUT2D eigenvalue weighted by Gasteiger charge is 2.25. The van der Waals surface area contributed by atoms with Crippen molar-refractivity contribution in [2.75, 3.05) is 26.2 Å². The van der Waals surface area contributed by atoms with Crippen LogP contribution in [0, 0.1) is 10.1 Å². The molecule has 1 N–H and O–H groups in total. The van der Waals surface area contributed by atoms with Crippen LogP contribution in [-0.2, 0) is 4.79 Å². The molecule has 1 aliphatic rings. The molecule has 1 aromatic rings. The summed E-state index contributed by atoms with van der Waals surface area (Å²) in [6, 6.07) is 5.94. The molecule has 1 amide bonds. The lowest BCUT2D eigenvalue weighted by molar-refractivity contribution is -0.384. The lowest BCUT2D eigenvalue weighted by Gasteiger charge is -2.27. The number of hydrogen-bond acceptors (Lipinski definition) is 5. The fourth-order valence-electron chi connectivity index (χ4n) is 2.44. The maximum absolute atomic E-state index is 12.2. The fraction of sp³-hybridized carbons (Fsp3) is 0.500. The van der Waals surface area contributed by atoms with Gasteiger partial charge in [0.1, 0.15) is 5.75 Å². The van der Waals surface area contributed by atoms with Crippen LogP contribution in [0.15, 0.2) is 24.3 Å². The third-order valence-corrected chi connectivity index (χ3v) is 3.55. The van der Waals surface area contributed by atoms with Gasteiger partial charge in [0, 0.05) is 31.3 Å². The number of nitrogens with one attached hydrogen (secondary N) is 1. The number of non-ortho nitro benzene ring substituents is 1. The summed E-state index contributed by atoms with van der Waals surface area (Å²) in [7, 11) is 0. The van der Waals surface area contributed by atoms with Crippen LogP contribution in [0.3, 0.4) is 0 Å². The minimum absolute atomic E-state index is 0.000825. The number of ether oxygens (including phenoxy) is 1. The molecule has 2 rings (SSSR count). The molecule has 7 heteroatoms. The lowest BCUT2D eigenvalue weighted by Crippen LogP contribution is -2.43. The van der Waals surface area contributed by atoms with E-state index in [-0.39, 0.29) is 24.2 Å². The third-order valence-electron chi connectivity index (χ3n) is 3.55. The van der Waals surface area contributed by atoms with Gasteiger partial charge in [-0.3, -0.25) is 14.9 Å². The first-order chi connectivity index (χ1) is 10.1. The zero-order chi connectivity index (χ0) is 15.2. The molecule has 114 valence electrons. The monoisotopic (exact) mass is 293 g/mol. The Kier molecular flexibility index (Phi) is 5.10. The van der Waals surface area contributed by atoms with Crippen LogP contribution < -0.4 is 10.1 Å². The van der Waals surface area contributed by atoms with E-state index < -0.39 is 4.92 Å². The quantitative estimate of drug-likeness (QED) is 0.629. The minimum atomic E-state index is -0.471. The number of carbonyl (C=O) groups is 1. The van der Waals surface area contributed by atoms with E-state index in [4.69, 9.17) is 4.74 Å². The molecule has 21 heavy (non-hydrogen) atoms. The molecule has 1 atom stereocenters. The third kappa shape index (κ3) is 3.91. The standard InChI is InChI=1S/C14H19N3O4/c1-2-16(12-7-8-15-9-12)14(18)10-21-13-5-3-11(4-6-13)17(19)20/h3-6,12,15H,2,7-10H2,1H3. The van der Waals surface area contributed by atoms with Gasteiger partial charge in [-0.1, -0.05) is 0 Å². The van der Waals surface area contributed by atoms with Crippen molar-refractivity contribution in [2.45, 2.75) is 19.4 Å². The van der Waals surface area contributed by atoms with E-state index >= 15 is 0 Å². The van der Waals surface area contributed by atoms with Gasteiger partial charge < -0.3 is 15.0 Å². The van der Waals surface area contributed by atoms with E-state index in [1.165, 1.54) is 24.3 Å². The summed E-state index contributed by atoms with van der Waals surface area (Å²) in [5.41, 5.74) is 0.000825. The second-order valence-corrected chi connectivity index (χ2v) is 4.87. The summed E-state index contributed by atoms with van der Waals surface area (Å²) in [5.74, 6) is 0.388. The second kappa shape index (κ2) is 7.03. The first-order valence-corrected chi connectivity index (χ1v) is 6.99.